The van der Waals surface area contributed by atoms with E-state index in [4.69, 9.17) is 0 Å². The highest BCUT2D eigenvalue weighted by Crippen LogP contribution is 2.14. The highest BCUT2D eigenvalue weighted by molar-refractivity contribution is 5.27. The molecular formula is C13H20F2N2O. The van der Waals surface area contributed by atoms with Crippen molar-refractivity contribution in [2.75, 3.05) is 20.6 Å². The van der Waals surface area contributed by atoms with E-state index in [-0.39, 0.29) is 5.75 Å². The van der Waals surface area contributed by atoms with Gasteiger partial charge in [0.25, 0.3) is 0 Å². The summed E-state index contributed by atoms with van der Waals surface area (Å²) in [6.45, 7) is 0.999. The van der Waals surface area contributed by atoms with Crippen molar-refractivity contribution in [2.45, 2.75) is 26.1 Å². The van der Waals surface area contributed by atoms with Crippen LogP contribution in [0.3, 0.4) is 0 Å². The summed E-state index contributed by atoms with van der Waals surface area (Å²) in [7, 11) is 4.04. The molecule has 0 fully saturated rings. The minimum Gasteiger partial charge on any atom is -0.435 e. The maximum Gasteiger partial charge on any atom is 0.387 e. The molecule has 1 atom stereocenters. The number of hydrogen-bond donors (Lipinski definition) is 1. The number of benzene rings is 1. The van der Waals surface area contributed by atoms with Crippen LogP contribution < -0.4 is 10.1 Å². The van der Waals surface area contributed by atoms with E-state index in [1.54, 1.807) is 24.3 Å². The number of likely N-dealkylation sites (N-methyl/N-ethyl adjacent to an activating group) is 1. The van der Waals surface area contributed by atoms with Crippen LogP contribution in [0.2, 0.25) is 0 Å². The van der Waals surface area contributed by atoms with Gasteiger partial charge in [0.05, 0.1) is 0 Å². The van der Waals surface area contributed by atoms with Crippen LogP contribution >= 0.6 is 0 Å². The molecule has 102 valence electrons. The molecule has 0 saturated heterocycles. The summed E-state index contributed by atoms with van der Waals surface area (Å²) in [6.07, 6.45) is 0. The predicted octanol–water partition coefficient (Wildman–Crippen LogP) is 2.33. The van der Waals surface area contributed by atoms with Crippen LogP contribution in [0, 0.1) is 0 Å². The molecule has 1 aromatic carbocycles. The van der Waals surface area contributed by atoms with Crippen molar-refractivity contribution in [1.82, 2.24) is 10.2 Å². The lowest BCUT2D eigenvalue weighted by Crippen LogP contribution is -2.35. The lowest BCUT2D eigenvalue weighted by Gasteiger charge is -2.18. The van der Waals surface area contributed by atoms with Gasteiger partial charge in [-0.1, -0.05) is 12.1 Å². The van der Waals surface area contributed by atoms with E-state index >= 15 is 0 Å². The van der Waals surface area contributed by atoms with Crippen molar-refractivity contribution < 1.29 is 13.5 Å². The molecule has 1 aromatic rings. The third-order valence-corrected chi connectivity index (χ3v) is 2.44. The summed E-state index contributed by atoms with van der Waals surface area (Å²) < 4.78 is 28.2. The maximum atomic E-state index is 12.0. The zero-order chi connectivity index (χ0) is 13.5. The maximum absolute atomic E-state index is 12.0. The monoisotopic (exact) mass is 258 g/mol. The molecular weight excluding hydrogens is 238 g/mol. The lowest BCUT2D eigenvalue weighted by atomic mass is 10.2. The van der Waals surface area contributed by atoms with Crippen LogP contribution in [0.1, 0.15) is 12.5 Å². The van der Waals surface area contributed by atoms with Gasteiger partial charge < -0.3 is 15.0 Å². The standard InChI is InChI=1S/C13H20F2N2O/c1-10(9-17(2)3)16-8-11-4-6-12(7-5-11)18-13(14)15/h4-7,10,13,16H,8-9H2,1-3H3. The molecule has 18 heavy (non-hydrogen) atoms. The van der Waals surface area contributed by atoms with Crippen molar-refractivity contribution >= 4 is 0 Å². The van der Waals surface area contributed by atoms with Crippen LogP contribution in [0.15, 0.2) is 24.3 Å². The van der Waals surface area contributed by atoms with Gasteiger partial charge in [-0.15, -0.1) is 0 Å². The van der Waals surface area contributed by atoms with Crippen LogP contribution in [-0.4, -0.2) is 38.2 Å². The first-order valence-electron chi connectivity index (χ1n) is 5.89. The minimum absolute atomic E-state index is 0.190. The molecule has 0 saturated carbocycles. The molecule has 0 aliphatic heterocycles. The summed E-state index contributed by atoms with van der Waals surface area (Å²) in [6, 6.07) is 7.05. The van der Waals surface area contributed by atoms with Gasteiger partial charge in [-0.25, -0.2) is 0 Å². The fourth-order valence-electron chi connectivity index (χ4n) is 1.69. The van der Waals surface area contributed by atoms with Gasteiger partial charge in [0.15, 0.2) is 0 Å². The Labute approximate surface area is 107 Å². The molecule has 0 aromatic heterocycles. The fraction of sp³-hybridized carbons (Fsp3) is 0.538. The number of ether oxygens (including phenoxy) is 1. The quantitative estimate of drug-likeness (QED) is 0.812. The van der Waals surface area contributed by atoms with Gasteiger partial charge in [0, 0.05) is 19.1 Å². The van der Waals surface area contributed by atoms with Crippen molar-refractivity contribution in [2.24, 2.45) is 0 Å². The zero-order valence-electron chi connectivity index (χ0n) is 11.0. The molecule has 0 aliphatic rings. The first-order chi connectivity index (χ1) is 8.47. The Bertz CT molecular complexity index is 341. The Balaban J connectivity index is 2.39. The van der Waals surface area contributed by atoms with E-state index in [1.807, 2.05) is 14.1 Å². The second-order valence-electron chi connectivity index (χ2n) is 4.57. The van der Waals surface area contributed by atoms with E-state index < -0.39 is 6.61 Å². The fourth-order valence-corrected chi connectivity index (χ4v) is 1.69. The van der Waals surface area contributed by atoms with Crippen molar-refractivity contribution in [3.8, 4) is 5.75 Å². The predicted molar refractivity (Wildman–Crippen MR) is 67.9 cm³/mol. The van der Waals surface area contributed by atoms with E-state index in [2.05, 4.69) is 21.9 Å². The average Bonchev–Trinajstić information content (AvgIpc) is 2.26. The van der Waals surface area contributed by atoms with Crippen LogP contribution in [0.5, 0.6) is 5.75 Å². The number of rotatable bonds is 7. The molecule has 0 bridgehead atoms. The smallest absolute Gasteiger partial charge is 0.387 e. The number of nitrogens with one attached hydrogen (secondary N) is 1. The van der Waals surface area contributed by atoms with Crippen LogP contribution in [-0.2, 0) is 6.54 Å². The molecule has 0 amide bonds. The molecule has 0 aliphatic carbocycles. The third-order valence-electron chi connectivity index (χ3n) is 2.44. The van der Waals surface area contributed by atoms with Gasteiger partial charge in [-0.2, -0.15) is 8.78 Å². The van der Waals surface area contributed by atoms with E-state index in [0.717, 1.165) is 12.1 Å². The van der Waals surface area contributed by atoms with Gasteiger partial charge in [0.2, 0.25) is 0 Å². The summed E-state index contributed by atoms with van der Waals surface area (Å²) in [5, 5.41) is 3.36. The summed E-state index contributed by atoms with van der Waals surface area (Å²) in [5.74, 6) is 0.190. The first-order valence-corrected chi connectivity index (χ1v) is 5.89. The van der Waals surface area contributed by atoms with Crippen molar-refractivity contribution in [3.05, 3.63) is 29.8 Å². The van der Waals surface area contributed by atoms with E-state index in [9.17, 15) is 8.78 Å². The summed E-state index contributed by atoms with van der Waals surface area (Å²) in [5.41, 5.74) is 1.04. The number of nitrogens with zero attached hydrogens (tertiary/aromatic N) is 1. The van der Waals surface area contributed by atoms with Crippen molar-refractivity contribution in [1.29, 1.82) is 0 Å². The number of hydrogen-bond acceptors (Lipinski definition) is 3. The Morgan fingerprint density at radius 1 is 1.22 bits per heavy atom. The molecule has 1 rings (SSSR count). The van der Waals surface area contributed by atoms with Crippen LogP contribution in [0.25, 0.3) is 0 Å². The second-order valence-corrected chi connectivity index (χ2v) is 4.57. The molecule has 5 heteroatoms. The number of alkyl halides is 2. The average molecular weight is 258 g/mol. The van der Waals surface area contributed by atoms with Crippen LogP contribution in [0.4, 0.5) is 8.78 Å². The second kappa shape index (κ2) is 7.28. The van der Waals surface area contributed by atoms with Gasteiger partial charge >= 0.3 is 6.61 Å². The minimum atomic E-state index is -2.77. The number of halogens is 2. The topological polar surface area (TPSA) is 24.5 Å². The Morgan fingerprint density at radius 2 is 1.83 bits per heavy atom. The van der Waals surface area contributed by atoms with Crippen molar-refractivity contribution in [3.63, 3.8) is 0 Å². The van der Waals surface area contributed by atoms with Gasteiger partial charge in [-0.3, -0.25) is 0 Å². The Kier molecular flexibility index (Phi) is 6.01. The molecule has 0 spiro atoms. The normalized spacial score (nSPS) is 13.1. The first kappa shape index (κ1) is 14.9. The lowest BCUT2D eigenvalue weighted by molar-refractivity contribution is -0.0498. The Morgan fingerprint density at radius 3 is 2.33 bits per heavy atom. The molecule has 0 radical (unpaired) electrons. The SMILES string of the molecule is CC(CN(C)C)NCc1ccc(OC(F)F)cc1. The highest BCUT2D eigenvalue weighted by Gasteiger charge is 2.05. The summed E-state index contributed by atoms with van der Waals surface area (Å²) >= 11 is 0. The molecule has 0 heterocycles. The largest absolute Gasteiger partial charge is 0.435 e. The Hall–Kier alpha value is -1.20. The van der Waals surface area contributed by atoms with Gasteiger partial charge in [-0.05, 0) is 38.7 Å². The van der Waals surface area contributed by atoms with E-state index in [0.29, 0.717) is 12.6 Å². The molecule has 1 unspecified atom stereocenters. The highest BCUT2D eigenvalue weighted by atomic mass is 19.3. The zero-order valence-corrected chi connectivity index (χ0v) is 11.0. The van der Waals surface area contributed by atoms with E-state index in [1.165, 1.54) is 0 Å². The summed E-state index contributed by atoms with van der Waals surface area (Å²) in [4.78, 5) is 2.11. The molecule has 1 N–H and O–H groups in total. The van der Waals surface area contributed by atoms with Gasteiger partial charge in [0.1, 0.15) is 5.75 Å². The third kappa shape index (κ3) is 5.93. The molecule has 3 nitrogen and oxygen atoms in total.